The number of carbonyl (C=O) groups excluding carboxylic acids is 1. The van der Waals surface area contributed by atoms with Crippen LogP contribution in [0.2, 0.25) is 0 Å². The van der Waals surface area contributed by atoms with E-state index >= 15 is 0 Å². The molecule has 0 spiro atoms. The summed E-state index contributed by atoms with van der Waals surface area (Å²) in [5.74, 6) is -0.000489. The van der Waals surface area contributed by atoms with Crippen molar-refractivity contribution < 1.29 is 18.0 Å². The van der Waals surface area contributed by atoms with Gasteiger partial charge in [0.05, 0.1) is 17.0 Å². The van der Waals surface area contributed by atoms with Crippen LogP contribution in [0.25, 0.3) is 0 Å². The fraction of sp³-hybridized carbons (Fsp3) is 0.519. The minimum absolute atomic E-state index is 0.000489. The van der Waals surface area contributed by atoms with Gasteiger partial charge in [-0.1, -0.05) is 6.92 Å². The number of halogens is 3. The topological polar surface area (TPSA) is 57.5 Å². The molecule has 0 radical (unpaired) electrons. The molecule has 38 heavy (non-hydrogen) atoms. The zero-order valence-corrected chi connectivity index (χ0v) is 23.0. The molecule has 1 atom stereocenters. The van der Waals surface area contributed by atoms with Gasteiger partial charge in [0.1, 0.15) is 6.54 Å². The van der Waals surface area contributed by atoms with Crippen LogP contribution in [0.4, 0.5) is 24.0 Å². The summed E-state index contributed by atoms with van der Waals surface area (Å²) in [6.07, 6.45) is -3.26. The smallest absolute Gasteiger partial charge is 0.367 e. The SMILES string of the molecule is CCc1csc(N2CCc3c(C(F)(F)F)ccc(N4CCN(C(=O)Cn5nc(C)cc5C)[C@H](C)C4)c3C2)n1. The Morgan fingerprint density at radius 1 is 1.13 bits per heavy atom. The molecule has 0 bridgehead atoms. The van der Waals surface area contributed by atoms with Gasteiger partial charge in [0.15, 0.2) is 5.13 Å². The van der Waals surface area contributed by atoms with E-state index in [-0.39, 0.29) is 18.5 Å². The van der Waals surface area contributed by atoms with Crippen molar-refractivity contribution in [2.24, 2.45) is 0 Å². The fourth-order valence-electron chi connectivity index (χ4n) is 5.59. The maximum absolute atomic E-state index is 13.9. The van der Waals surface area contributed by atoms with Crippen LogP contribution in [0.15, 0.2) is 23.6 Å². The molecular formula is C27H33F3N6OS. The van der Waals surface area contributed by atoms with Gasteiger partial charge >= 0.3 is 6.18 Å². The van der Waals surface area contributed by atoms with E-state index in [0.29, 0.717) is 50.3 Å². The Morgan fingerprint density at radius 3 is 2.55 bits per heavy atom. The van der Waals surface area contributed by atoms with Gasteiger partial charge in [0, 0.05) is 55.5 Å². The Morgan fingerprint density at radius 2 is 1.92 bits per heavy atom. The Kier molecular flexibility index (Phi) is 7.15. The molecule has 204 valence electrons. The number of amides is 1. The summed E-state index contributed by atoms with van der Waals surface area (Å²) >= 11 is 1.54. The van der Waals surface area contributed by atoms with Gasteiger partial charge in [-0.25, -0.2) is 4.98 Å². The monoisotopic (exact) mass is 546 g/mol. The zero-order valence-electron chi connectivity index (χ0n) is 22.2. The van der Waals surface area contributed by atoms with Crippen molar-refractivity contribution in [3.05, 3.63) is 57.4 Å². The average molecular weight is 547 g/mol. The Bertz CT molecular complexity index is 1330. The number of fused-ring (bicyclic) bond motifs is 1. The first-order valence-electron chi connectivity index (χ1n) is 13.0. The van der Waals surface area contributed by atoms with E-state index in [1.165, 1.54) is 6.07 Å². The molecule has 1 aromatic carbocycles. The highest BCUT2D eigenvalue weighted by atomic mass is 32.1. The van der Waals surface area contributed by atoms with Crippen LogP contribution in [-0.2, 0) is 36.9 Å². The Hall–Kier alpha value is -3.08. The van der Waals surface area contributed by atoms with Gasteiger partial charge in [0.2, 0.25) is 5.91 Å². The van der Waals surface area contributed by atoms with E-state index in [1.54, 1.807) is 22.1 Å². The Labute approximate surface area is 224 Å². The van der Waals surface area contributed by atoms with Gasteiger partial charge in [-0.15, -0.1) is 11.3 Å². The summed E-state index contributed by atoms with van der Waals surface area (Å²) in [6.45, 7) is 10.6. The molecule has 0 N–H and O–H groups in total. The molecule has 0 saturated carbocycles. The van der Waals surface area contributed by atoms with E-state index in [0.717, 1.165) is 34.3 Å². The number of aryl methyl sites for hydroxylation is 3. The highest BCUT2D eigenvalue weighted by Gasteiger charge is 2.38. The third-order valence-corrected chi connectivity index (χ3v) is 8.49. The van der Waals surface area contributed by atoms with E-state index < -0.39 is 11.7 Å². The summed E-state index contributed by atoms with van der Waals surface area (Å²) in [5.41, 5.74) is 4.18. The first kappa shape index (κ1) is 26.5. The van der Waals surface area contributed by atoms with E-state index in [4.69, 9.17) is 0 Å². The number of carbonyl (C=O) groups is 1. The van der Waals surface area contributed by atoms with Gasteiger partial charge in [-0.3, -0.25) is 9.48 Å². The third-order valence-electron chi connectivity index (χ3n) is 7.54. The second-order valence-electron chi connectivity index (χ2n) is 10.2. The van der Waals surface area contributed by atoms with Crippen molar-refractivity contribution in [3.63, 3.8) is 0 Å². The number of hydrogen-bond donors (Lipinski definition) is 0. The minimum atomic E-state index is -4.40. The minimum Gasteiger partial charge on any atom is -0.367 e. The molecule has 0 unspecified atom stereocenters. The van der Waals surface area contributed by atoms with E-state index in [1.807, 2.05) is 44.0 Å². The van der Waals surface area contributed by atoms with Crippen LogP contribution in [0.3, 0.4) is 0 Å². The molecule has 1 amide bonds. The average Bonchev–Trinajstić information content (AvgIpc) is 3.47. The predicted molar refractivity (Wildman–Crippen MR) is 143 cm³/mol. The third kappa shape index (κ3) is 5.12. The molecule has 2 aliphatic rings. The molecule has 4 heterocycles. The summed E-state index contributed by atoms with van der Waals surface area (Å²) in [7, 11) is 0. The second kappa shape index (κ2) is 10.2. The van der Waals surface area contributed by atoms with Crippen molar-refractivity contribution in [2.75, 3.05) is 36.0 Å². The molecule has 7 nitrogen and oxygen atoms in total. The van der Waals surface area contributed by atoms with Crippen LogP contribution >= 0.6 is 11.3 Å². The van der Waals surface area contributed by atoms with Crippen molar-refractivity contribution in [1.82, 2.24) is 19.7 Å². The number of aromatic nitrogens is 3. The molecule has 0 aliphatic carbocycles. The van der Waals surface area contributed by atoms with E-state index in [9.17, 15) is 18.0 Å². The quantitative estimate of drug-likeness (QED) is 0.459. The highest BCUT2D eigenvalue weighted by Crippen LogP contribution is 2.41. The molecule has 5 rings (SSSR count). The number of rotatable bonds is 5. The van der Waals surface area contributed by atoms with Crippen LogP contribution in [0, 0.1) is 13.8 Å². The lowest BCUT2D eigenvalue weighted by atomic mass is 9.91. The molecule has 1 fully saturated rings. The van der Waals surface area contributed by atoms with Gasteiger partial charge < -0.3 is 14.7 Å². The highest BCUT2D eigenvalue weighted by molar-refractivity contribution is 7.13. The number of alkyl halides is 3. The first-order chi connectivity index (χ1) is 18.0. The maximum atomic E-state index is 13.9. The van der Waals surface area contributed by atoms with Crippen molar-refractivity contribution in [1.29, 1.82) is 0 Å². The summed E-state index contributed by atoms with van der Waals surface area (Å²) in [6, 6.07) is 4.70. The molecule has 2 aromatic heterocycles. The molecule has 1 saturated heterocycles. The number of hydrogen-bond acceptors (Lipinski definition) is 6. The maximum Gasteiger partial charge on any atom is 0.416 e. The van der Waals surface area contributed by atoms with Crippen LogP contribution in [0.1, 0.15) is 47.6 Å². The lowest BCUT2D eigenvalue weighted by molar-refractivity contribution is -0.138. The largest absolute Gasteiger partial charge is 0.416 e. The summed E-state index contributed by atoms with van der Waals surface area (Å²) in [5, 5.41) is 7.27. The normalized spacial score (nSPS) is 18.2. The lowest BCUT2D eigenvalue weighted by Gasteiger charge is -2.43. The molecule has 11 heteroatoms. The van der Waals surface area contributed by atoms with Gasteiger partial charge in [-0.2, -0.15) is 18.3 Å². The van der Waals surface area contributed by atoms with Gasteiger partial charge in [0.25, 0.3) is 0 Å². The molecular weight excluding hydrogens is 513 g/mol. The molecule has 2 aliphatic heterocycles. The zero-order chi connectivity index (χ0) is 27.2. The van der Waals surface area contributed by atoms with Crippen LogP contribution < -0.4 is 9.80 Å². The predicted octanol–water partition coefficient (Wildman–Crippen LogP) is 4.84. The Balaban J connectivity index is 1.38. The number of anilines is 2. The van der Waals surface area contributed by atoms with Crippen LogP contribution in [-0.4, -0.2) is 57.8 Å². The molecule has 3 aromatic rings. The van der Waals surface area contributed by atoms with Crippen molar-refractivity contribution in [2.45, 2.75) is 65.8 Å². The number of nitrogens with zero attached hydrogens (tertiary/aromatic N) is 6. The summed E-state index contributed by atoms with van der Waals surface area (Å²) in [4.78, 5) is 23.9. The van der Waals surface area contributed by atoms with Crippen molar-refractivity contribution in [3.8, 4) is 0 Å². The number of thiazole rings is 1. The van der Waals surface area contributed by atoms with Crippen LogP contribution in [0.5, 0.6) is 0 Å². The van der Waals surface area contributed by atoms with Crippen molar-refractivity contribution >= 4 is 28.1 Å². The van der Waals surface area contributed by atoms with E-state index in [2.05, 4.69) is 19.9 Å². The fourth-order valence-corrected chi connectivity index (χ4v) is 6.52. The standard InChI is InChI=1S/C27H33F3N6OS/c1-5-20-16-38-26(31-20)34-9-8-21-22(14-34)24(7-6-23(21)27(28,29)30)33-10-11-35(19(4)13-33)25(37)15-36-18(3)12-17(2)32-36/h6-7,12,16,19H,5,8-11,13-15H2,1-4H3/t19-/m1/s1. The first-order valence-corrected chi connectivity index (χ1v) is 13.9. The second-order valence-corrected chi connectivity index (χ2v) is 11.0. The number of piperazine rings is 1. The van der Waals surface area contributed by atoms with Gasteiger partial charge in [-0.05, 0) is 62.9 Å². The lowest BCUT2D eigenvalue weighted by Crippen LogP contribution is -2.55. The number of benzene rings is 1. The summed E-state index contributed by atoms with van der Waals surface area (Å²) < 4.78 is 43.5.